The van der Waals surface area contributed by atoms with Crippen LogP contribution in [0.2, 0.25) is 0 Å². The van der Waals surface area contributed by atoms with Crippen LogP contribution < -0.4 is 5.32 Å². The van der Waals surface area contributed by atoms with E-state index in [9.17, 15) is 9.59 Å². The Morgan fingerprint density at radius 3 is 2.89 bits per heavy atom. The fourth-order valence-electron chi connectivity index (χ4n) is 1.26. The molecule has 0 unspecified atom stereocenters. The zero-order valence-corrected chi connectivity index (χ0v) is 10.6. The predicted octanol–water partition coefficient (Wildman–Crippen LogP) is 1.79. The number of hydrogen-bond donors (Lipinski definition) is 2. The van der Waals surface area contributed by atoms with Gasteiger partial charge in [0.2, 0.25) is 0 Å². The number of hydrogen-bond acceptors (Lipinski definition) is 6. The number of rotatable bonds is 4. The number of carboxylic acids is 1. The second-order valence-corrected chi connectivity index (χ2v) is 4.55. The van der Waals surface area contributed by atoms with Gasteiger partial charge in [0.15, 0.2) is 5.13 Å². The van der Waals surface area contributed by atoms with Crippen LogP contribution in [0, 0.1) is 6.92 Å². The summed E-state index contributed by atoms with van der Waals surface area (Å²) in [7, 11) is 0. The molecule has 0 radical (unpaired) electrons. The van der Waals surface area contributed by atoms with Gasteiger partial charge in [-0.1, -0.05) is 16.5 Å². The molecular weight excluding hydrogens is 270 g/mol. The number of nitrogens with one attached hydrogen (secondary N) is 1. The van der Waals surface area contributed by atoms with Crippen molar-refractivity contribution < 1.29 is 19.2 Å². The highest BCUT2D eigenvalue weighted by atomic mass is 32.1. The number of aromatic nitrogens is 2. The molecule has 19 heavy (non-hydrogen) atoms. The molecule has 2 heterocycles. The van der Waals surface area contributed by atoms with E-state index in [-0.39, 0.29) is 5.91 Å². The van der Waals surface area contributed by atoms with Crippen LogP contribution in [-0.4, -0.2) is 27.1 Å². The number of nitrogens with zero attached hydrogens (tertiary/aromatic N) is 2. The molecule has 2 aromatic heterocycles. The van der Waals surface area contributed by atoms with E-state index in [4.69, 9.17) is 9.63 Å². The van der Waals surface area contributed by atoms with Crippen molar-refractivity contribution in [1.82, 2.24) is 10.1 Å². The largest absolute Gasteiger partial charge is 0.478 e. The average molecular weight is 279 g/mol. The lowest BCUT2D eigenvalue weighted by atomic mass is 10.3. The molecule has 0 bridgehead atoms. The molecule has 7 nitrogen and oxygen atoms in total. The third-order valence-electron chi connectivity index (χ3n) is 2.13. The molecule has 0 aliphatic heterocycles. The van der Waals surface area contributed by atoms with Gasteiger partial charge in [-0.2, -0.15) is 0 Å². The quantitative estimate of drug-likeness (QED) is 0.826. The number of thiazole rings is 1. The molecule has 0 aromatic carbocycles. The summed E-state index contributed by atoms with van der Waals surface area (Å²) in [4.78, 5) is 26.8. The van der Waals surface area contributed by atoms with Gasteiger partial charge in [-0.05, 0) is 13.0 Å². The van der Waals surface area contributed by atoms with Crippen molar-refractivity contribution in [2.75, 3.05) is 5.32 Å². The highest BCUT2D eigenvalue weighted by Gasteiger charge is 2.14. The van der Waals surface area contributed by atoms with E-state index in [0.29, 0.717) is 21.3 Å². The van der Waals surface area contributed by atoms with Crippen LogP contribution in [-0.2, 0) is 4.79 Å². The van der Waals surface area contributed by atoms with E-state index >= 15 is 0 Å². The van der Waals surface area contributed by atoms with Crippen LogP contribution >= 0.6 is 11.3 Å². The van der Waals surface area contributed by atoms with E-state index < -0.39 is 5.97 Å². The Labute approximate surface area is 111 Å². The summed E-state index contributed by atoms with van der Waals surface area (Å²) in [6.45, 7) is 1.63. The number of carbonyl (C=O) groups is 2. The van der Waals surface area contributed by atoms with Crippen LogP contribution in [0.3, 0.4) is 0 Å². The molecule has 0 atom stereocenters. The summed E-state index contributed by atoms with van der Waals surface area (Å²) >= 11 is 1.16. The first-order valence-corrected chi connectivity index (χ1v) is 5.97. The van der Waals surface area contributed by atoms with Gasteiger partial charge in [-0.15, -0.1) is 0 Å². The second-order valence-electron chi connectivity index (χ2n) is 3.49. The smallest absolute Gasteiger partial charge is 0.328 e. The number of aliphatic carboxylic acids is 1. The number of aryl methyl sites for hydroxylation is 1. The van der Waals surface area contributed by atoms with Crippen molar-refractivity contribution in [2.24, 2.45) is 0 Å². The third-order valence-corrected chi connectivity index (χ3v) is 3.01. The van der Waals surface area contributed by atoms with Crippen LogP contribution in [0.25, 0.3) is 6.08 Å². The average Bonchev–Trinajstić information content (AvgIpc) is 2.95. The van der Waals surface area contributed by atoms with Crippen LogP contribution in [0.4, 0.5) is 5.13 Å². The van der Waals surface area contributed by atoms with Crippen LogP contribution in [0.15, 0.2) is 23.0 Å². The zero-order valence-electron chi connectivity index (χ0n) is 9.78. The minimum absolute atomic E-state index is 0.331. The number of anilines is 1. The Balaban J connectivity index is 2.06. The van der Waals surface area contributed by atoms with E-state index in [1.54, 1.807) is 6.92 Å². The molecule has 2 N–H and O–H groups in total. The maximum Gasteiger partial charge on any atom is 0.328 e. The molecule has 0 spiro atoms. The van der Waals surface area contributed by atoms with Gasteiger partial charge in [-0.25, -0.2) is 9.78 Å². The van der Waals surface area contributed by atoms with Crippen LogP contribution in [0.1, 0.15) is 21.0 Å². The fourth-order valence-corrected chi connectivity index (χ4v) is 1.97. The Hall–Kier alpha value is -2.48. The van der Waals surface area contributed by atoms with Crippen LogP contribution in [0.5, 0.6) is 0 Å². The summed E-state index contributed by atoms with van der Waals surface area (Å²) in [5, 5.41) is 15.0. The van der Waals surface area contributed by atoms with E-state index in [1.165, 1.54) is 18.5 Å². The lowest BCUT2D eigenvalue weighted by molar-refractivity contribution is -0.131. The van der Waals surface area contributed by atoms with Gasteiger partial charge >= 0.3 is 5.97 Å². The first kappa shape index (κ1) is 13.0. The van der Waals surface area contributed by atoms with Crippen molar-refractivity contribution in [3.8, 4) is 0 Å². The Morgan fingerprint density at radius 2 is 2.26 bits per heavy atom. The molecule has 2 rings (SSSR count). The van der Waals surface area contributed by atoms with Gasteiger partial charge in [0.25, 0.3) is 5.91 Å². The Bertz CT molecular complexity index is 644. The minimum atomic E-state index is -1.04. The van der Waals surface area contributed by atoms with Crippen molar-refractivity contribution >= 4 is 34.4 Å². The van der Waals surface area contributed by atoms with Gasteiger partial charge in [0.1, 0.15) is 11.3 Å². The second kappa shape index (κ2) is 5.44. The fraction of sp³-hybridized carbons (Fsp3) is 0.0909. The summed E-state index contributed by atoms with van der Waals surface area (Å²) in [6, 6.07) is 0. The van der Waals surface area contributed by atoms with E-state index in [2.05, 4.69) is 15.5 Å². The zero-order chi connectivity index (χ0) is 13.8. The monoisotopic (exact) mass is 279 g/mol. The van der Waals surface area contributed by atoms with E-state index in [1.807, 2.05) is 0 Å². The van der Waals surface area contributed by atoms with Crippen molar-refractivity contribution in [2.45, 2.75) is 6.92 Å². The minimum Gasteiger partial charge on any atom is -0.478 e. The Morgan fingerprint density at radius 1 is 1.47 bits per heavy atom. The molecule has 0 fully saturated rings. The third kappa shape index (κ3) is 3.26. The maximum atomic E-state index is 11.8. The van der Waals surface area contributed by atoms with Gasteiger partial charge < -0.3 is 9.63 Å². The van der Waals surface area contributed by atoms with E-state index in [0.717, 1.165) is 17.4 Å². The number of carbonyl (C=O) groups excluding carboxylic acids is 1. The van der Waals surface area contributed by atoms with Crippen molar-refractivity contribution in [3.63, 3.8) is 0 Å². The molecule has 0 aliphatic carbocycles. The lowest BCUT2D eigenvalue weighted by Gasteiger charge is -1.97. The summed E-state index contributed by atoms with van der Waals surface area (Å²) < 4.78 is 4.79. The van der Waals surface area contributed by atoms with Gasteiger partial charge in [0.05, 0.1) is 6.20 Å². The molecule has 1 amide bonds. The van der Waals surface area contributed by atoms with Crippen molar-refractivity contribution in [1.29, 1.82) is 0 Å². The molecule has 0 saturated heterocycles. The standard InChI is InChI=1S/C11H9N3O4S/c1-6-8(5-13-18-6)10(17)14-11-12-4-7(19-11)2-3-9(15)16/h2-5H,1H3,(H,15,16)(H,12,14,17)/b3-2+. The lowest BCUT2D eigenvalue weighted by Crippen LogP contribution is -2.11. The summed E-state index contributed by atoms with van der Waals surface area (Å²) in [5.41, 5.74) is 0.331. The first-order valence-electron chi connectivity index (χ1n) is 5.15. The molecule has 98 valence electrons. The Kier molecular flexibility index (Phi) is 3.71. The summed E-state index contributed by atoms with van der Waals surface area (Å²) in [5.74, 6) is -0.999. The molecule has 2 aromatic rings. The molecular formula is C11H9N3O4S. The highest BCUT2D eigenvalue weighted by Crippen LogP contribution is 2.20. The van der Waals surface area contributed by atoms with Gasteiger partial charge in [-0.3, -0.25) is 10.1 Å². The highest BCUT2D eigenvalue weighted by molar-refractivity contribution is 7.16. The molecule has 0 aliphatic rings. The normalized spacial score (nSPS) is 10.8. The molecule has 8 heteroatoms. The number of carboxylic acid groups (broad SMARTS) is 1. The summed E-state index contributed by atoms with van der Waals surface area (Å²) in [6.07, 6.45) is 5.20. The first-order chi connectivity index (χ1) is 9.06. The van der Waals surface area contributed by atoms with Gasteiger partial charge in [0, 0.05) is 17.2 Å². The SMILES string of the molecule is Cc1oncc1C(=O)Nc1ncc(/C=C/C(=O)O)s1. The maximum absolute atomic E-state index is 11.8. The van der Waals surface area contributed by atoms with Crippen molar-refractivity contribution in [3.05, 3.63) is 34.7 Å². The topological polar surface area (TPSA) is 105 Å². The molecule has 0 saturated carbocycles. The number of amides is 1. The predicted molar refractivity (Wildman–Crippen MR) is 68.0 cm³/mol.